The molecule has 5 heteroatoms. The quantitative estimate of drug-likeness (QED) is 0.436. The lowest BCUT2D eigenvalue weighted by molar-refractivity contribution is -0.116. The molecule has 32 heavy (non-hydrogen) atoms. The highest BCUT2D eigenvalue weighted by atomic mass is 16.1. The van der Waals surface area contributed by atoms with Gasteiger partial charge in [-0.3, -0.25) is 4.79 Å². The molecule has 0 spiro atoms. The van der Waals surface area contributed by atoms with Gasteiger partial charge in [-0.1, -0.05) is 29.8 Å². The van der Waals surface area contributed by atoms with Crippen LogP contribution in [0.1, 0.15) is 45.6 Å². The molecule has 2 heterocycles. The summed E-state index contributed by atoms with van der Waals surface area (Å²) in [5, 5.41) is 8.91. The maximum Gasteiger partial charge on any atom is 0.224 e. The molecule has 2 aromatic heterocycles. The lowest BCUT2D eigenvalue weighted by Gasteiger charge is -2.13. The molecule has 0 fully saturated rings. The van der Waals surface area contributed by atoms with Crippen molar-refractivity contribution in [3.63, 3.8) is 0 Å². The van der Waals surface area contributed by atoms with Gasteiger partial charge in [-0.2, -0.15) is 5.10 Å². The van der Waals surface area contributed by atoms with E-state index in [9.17, 15) is 4.79 Å². The molecule has 0 aliphatic heterocycles. The molecule has 4 rings (SSSR count). The van der Waals surface area contributed by atoms with Gasteiger partial charge >= 0.3 is 0 Å². The van der Waals surface area contributed by atoms with Crippen LogP contribution in [0.3, 0.4) is 0 Å². The number of fused-ring (bicyclic) bond motifs is 1. The number of hydrogen-bond donors (Lipinski definition) is 1. The number of benzene rings is 2. The summed E-state index contributed by atoms with van der Waals surface area (Å²) in [6.45, 7) is 12.3. The van der Waals surface area contributed by atoms with Crippen LogP contribution in [0.2, 0.25) is 0 Å². The van der Waals surface area contributed by atoms with E-state index < -0.39 is 0 Å². The first-order valence-electron chi connectivity index (χ1n) is 11.0. The maximum atomic E-state index is 12.7. The van der Waals surface area contributed by atoms with E-state index in [4.69, 9.17) is 10.1 Å². The van der Waals surface area contributed by atoms with E-state index in [-0.39, 0.29) is 5.91 Å². The van der Waals surface area contributed by atoms with Crippen molar-refractivity contribution in [1.82, 2.24) is 14.8 Å². The van der Waals surface area contributed by atoms with Gasteiger partial charge in [-0.25, -0.2) is 9.67 Å². The second kappa shape index (κ2) is 8.58. The van der Waals surface area contributed by atoms with Crippen LogP contribution >= 0.6 is 0 Å². The fourth-order valence-electron chi connectivity index (χ4n) is 4.28. The summed E-state index contributed by atoms with van der Waals surface area (Å²) in [7, 11) is 0. The average molecular weight is 427 g/mol. The van der Waals surface area contributed by atoms with Gasteiger partial charge in [0.1, 0.15) is 0 Å². The summed E-state index contributed by atoms with van der Waals surface area (Å²) in [5.74, 6) is 0.0182. The second-order valence-electron chi connectivity index (χ2n) is 8.63. The normalized spacial score (nSPS) is 11.2. The minimum Gasteiger partial charge on any atom is -0.326 e. The Balaban J connectivity index is 1.61. The molecule has 0 atom stereocenters. The molecule has 0 saturated carbocycles. The molecule has 0 unspecified atom stereocenters. The van der Waals surface area contributed by atoms with Crippen molar-refractivity contribution in [1.29, 1.82) is 0 Å². The van der Waals surface area contributed by atoms with Crippen molar-refractivity contribution >= 4 is 22.6 Å². The lowest BCUT2D eigenvalue weighted by Crippen LogP contribution is -2.14. The lowest BCUT2D eigenvalue weighted by atomic mass is 9.99. The van der Waals surface area contributed by atoms with Gasteiger partial charge in [0.15, 0.2) is 5.65 Å². The van der Waals surface area contributed by atoms with E-state index in [1.54, 1.807) is 0 Å². The number of aryl methyl sites for hydroxylation is 5. The molecule has 1 N–H and O–H groups in total. The largest absolute Gasteiger partial charge is 0.326 e. The predicted octanol–water partition coefficient (Wildman–Crippen LogP) is 5.84. The molecule has 1 amide bonds. The SMILES string of the molecule is Cc1ccc(-n2nc(C)c3c(C)c(CCC(=O)Nc4cccc(C)c4C)c(C)nc32)cc1. The third kappa shape index (κ3) is 4.03. The Labute approximate surface area is 189 Å². The van der Waals surface area contributed by atoms with Crippen molar-refractivity contribution in [3.8, 4) is 5.69 Å². The van der Waals surface area contributed by atoms with Gasteiger partial charge in [0.05, 0.1) is 11.4 Å². The number of carbonyl (C=O) groups is 1. The Kier molecular flexibility index (Phi) is 5.83. The van der Waals surface area contributed by atoms with Crippen molar-refractivity contribution in [3.05, 3.63) is 81.7 Å². The second-order valence-corrected chi connectivity index (χ2v) is 8.63. The first-order chi connectivity index (χ1) is 15.3. The highest BCUT2D eigenvalue weighted by Gasteiger charge is 2.18. The van der Waals surface area contributed by atoms with Crippen LogP contribution in [-0.2, 0) is 11.2 Å². The molecule has 5 nitrogen and oxygen atoms in total. The topological polar surface area (TPSA) is 59.8 Å². The molecule has 0 radical (unpaired) electrons. The van der Waals surface area contributed by atoms with Crippen molar-refractivity contribution < 1.29 is 4.79 Å². The fraction of sp³-hybridized carbons (Fsp3) is 0.296. The first kappa shape index (κ1) is 21.8. The van der Waals surface area contributed by atoms with E-state index in [1.807, 2.05) is 37.6 Å². The molecular formula is C27H30N4O. The van der Waals surface area contributed by atoms with Crippen LogP contribution < -0.4 is 5.32 Å². The summed E-state index contributed by atoms with van der Waals surface area (Å²) in [4.78, 5) is 17.6. The van der Waals surface area contributed by atoms with Crippen LogP contribution in [0.4, 0.5) is 5.69 Å². The summed E-state index contributed by atoms with van der Waals surface area (Å²) in [5.41, 5.74) is 10.4. The maximum absolute atomic E-state index is 12.7. The molecule has 0 aliphatic carbocycles. The number of amides is 1. The predicted molar refractivity (Wildman–Crippen MR) is 131 cm³/mol. The Morgan fingerprint density at radius 3 is 2.34 bits per heavy atom. The minimum absolute atomic E-state index is 0.0182. The third-order valence-electron chi connectivity index (χ3n) is 6.33. The zero-order valence-corrected chi connectivity index (χ0v) is 19.7. The average Bonchev–Trinajstić information content (AvgIpc) is 3.08. The van der Waals surface area contributed by atoms with E-state index in [0.717, 1.165) is 50.5 Å². The van der Waals surface area contributed by atoms with Gasteiger partial charge in [0.25, 0.3) is 0 Å². The molecule has 2 aromatic carbocycles. The standard InChI is InChI=1S/C27H30N4O/c1-16-10-12-22(13-11-16)31-27-26(21(6)30-31)19(4)23(20(5)28-27)14-15-25(32)29-24-9-7-8-17(2)18(24)3/h7-13H,14-15H2,1-6H3,(H,29,32). The number of carbonyl (C=O) groups excluding carboxylic acids is 1. The van der Waals surface area contributed by atoms with E-state index in [1.165, 1.54) is 11.1 Å². The van der Waals surface area contributed by atoms with Gasteiger partial charge in [-0.05, 0) is 88.4 Å². The molecular weight excluding hydrogens is 396 g/mol. The number of nitrogens with zero attached hydrogens (tertiary/aromatic N) is 3. The smallest absolute Gasteiger partial charge is 0.224 e. The molecule has 0 bridgehead atoms. The van der Waals surface area contributed by atoms with E-state index >= 15 is 0 Å². The third-order valence-corrected chi connectivity index (χ3v) is 6.33. The number of aromatic nitrogens is 3. The monoisotopic (exact) mass is 426 g/mol. The number of pyridine rings is 1. The van der Waals surface area contributed by atoms with Crippen molar-refractivity contribution in [2.24, 2.45) is 0 Å². The Bertz CT molecular complexity index is 1320. The number of nitrogens with one attached hydrogen (secondary N) is 1. The van der Waals surface area contributed by atoms with Crippen LogP contribution in [0.15, 0.2) is 42.5 Å². The fourth-order valence-corrected chi connectivity index (χ4v) is 4.28. The van der Waals surface area contributed by atoms with Gasteiger partial charge in [0, 0.05) is 23.2 Å². The Morgan fingerprint density at radius 1 is 0.906 bits per heavy atom. The summed E-state index contributed by atoms with van der Waals surface area (Å²) < 4.78 is 1.92. The van der Waals surface area contributed by atoms with E-state index in [2.05, 4.69) is 56.4 Å². The number of anilines is 1. The van der Waals surface area contributed by atoms with Gasteiger partial charge < -0.3 is 5.32 Å². The number of rotatable bonds is 5. The Morgan fingerprint density at radius 2 is 1.62 bits per heavy atom. The molecule has 164 valence electrons. The van der Waals surface area contributed by atoms with Crippen molar-refractivity contribution in [2.45, 2.75) is 54.4 Å². The highest BCUT2D eigenvalue weighted by molar-refractivity contribution is 5.92. The van der Waals surface area contributed by atoms with Crippen LogP contribution in [0.5, 0.6) is 0 Å². The van der Waals surface area contributed by atoms with E-state index in [0.29, 0.717) is 12.8 Å². The zero-order valence-electron chi connectivity index (χ0n) is 19.7. The van der Waals surface area contributed by atoms with Crippen LogP contribution in [-0.4, -0.2) is 20.7 Å². The molecule has 4 aromatic rings. The summed E-state index contributed by atoms with van der Waals surface area (Å²) >= 11 is 0. The summed E-state index contributed by atoms with van der Waals surface area (Å²) in [6, 6.07) is 14.3. The van der Waals surface area contributed by atoms with Crippen LogP contribution in [0.25, 0.3) is 16.7 Å². The van der Waals surface area contributed by atoms with Gasteiger partial charge in [-0.15, -0.1) is 0 Å². The van der Waals surface area contributed by atoms with Crippen LogP contribution in [0, 0.1) is 41.5 Å². The molecule has 0 aliphatic rings. The minimum atomic E-state index is 0.0182. The molecule has 0 saturated heterocycles. The number of hydrogen-bond acceptors (Lipinski definition) is 3. The first-order valence-corrected chi connectivity index (χ1v) is 11.0. The van der Waals surface area contributed by atoms with Gasteiger partial charge in [0.2, 0.25) is 5.91 Å². The zero-order chi connectivity index (χ0) is 23.0. The Hall–Kier alpha value is -3.47. The summed E-state index contributed by atoms with van der Waals surface area (Å²) in [6.07, 6.45) is 1.06. The van der Waals surface area contributed by atoms with Crippen molar-refractivity contribution in [2.75, 3.05) is 5.32 Å². The highest BCUT2D eigenvalue weighted by Crippen LogP contribution is 2.28.